The molecule has 21 heavy (non-hydrogen) atoms. The van der Waals surface area contributed by atoms with E-state index in [1.165, 1.54) is 25.5 Å². The van der Waals surface area contributed by atoms with Gasteiger partial charge in [0, 0.05) is 10.6 Å². The molecule has 6 heteroatoms. The Morgan fingerprint density at radius 3 is 2.62 bits per heavy atom. The average Bonchev–Trinajstić information content (AvgIpc) is 2.48. The van der Waals surface area contributed by atoms with Crippen molar-refractivity contribution in [3.05, 3.63) is 64.4 Å². The van der Waals surface area contributed by atoms with Crippen LogP contribution < -0.4 is 5.32 Å². The summed E-state index contributed by atoms with van der Waals surface area (Å²) in [5.41, 5.74) is 1.26. The summed E-state index contributed by atoms with van der Waals surface area (Å²) < 4.78 is 13.6. The fourth-order valence-electron chi connectivity index (χ4n) is 1.62. The number of hydrogen-bond donors (Lipinski definition) is 1. The van der Waals surface area contributed by atoms with Crippen molar-refractivity contribution in [1.29, 1.82) is 0 Å². The summed E-state index contributed by atoms with van der Waals surface area (Å²) in [4.78, 5) is 16.6. The number of halogens is 2. The first-order chi connectivity index (χ1) is 10.1. The molecule has 0 saturated carbocycles. The van der Waals surface area contributed by atoms with Gasteiger partial charge in [0.15, 0.2) is 0 Å². The number of oxime groups is 1. The fraction of sp³-hybridized carbons (Fsp3) is 0.0667. The van der Waals surface area contributed by atoms with E-state index >= 15 is 0 Å². The summed E-state index contributed by atoms with van der Waals surface area (Å²) in [6, 6.07) is 10.7. The number of carbonyl (C=O) groups is 1. The van der Waals surface area contributed by atoms with E-state index in [0.717, 1.165) is 11.6 Å². The maximum atomic E-state index is 13.6. The zero-order valence-corrected chi connectivity index (χ0v) is 11.9. The largest absolute Gasteiger partial charge is 0.399 e. The smallest absolute Gasteiger partial charge is 0.255 e. The zero-order chi connectivity index (χ0) is 15.2. The molecule has 2 aromatic rings. The summed E-state index contributed by atoms with van der Waals surface area (Å²) in [6.07, 6.45) is 1.51. The molecule has 1 amide bonds. The van der Waals surface area contributed by atoms with Gasteiger partial charge in [-0.25, -0.2) is 4.39 Å². The van der Waals surface area contributed by atoms with Crippen molar-refractivity contribution in [2.45, 2.75) is 0 Å². The lowest BCUT2D eigenvalue weighted by atomic mass is 10.1. The number of nitrogens with one attached hydrogen (secondary N) is 1. The van der Waals surface area contributed by atoms with E-state index in [9.17, 15) is 9.18 Å². The molecule has 2 rings (SSSR count). The van der Waals surface area contributed by atoms with Gasteiger partial charge in [0.2, 0.25) is 0 Å². The van der Waals surface area contributed by atoms with Crippen molar-refractivity contribution in [1.82, 2.24) is 0 Å². The minimum atomic E-state index is -0.584. The highest BCUT2D eigenvalue weighted by Crippen LogP contribution is 2.19. The number of benzene rings is 2. The van der Waals surface area contributed by atoms with E-state index in [0.29, 0.717) is 5.56 Å². The molecule has 0 aliphatic heterocycles. The van der Waals surface area contributed by atoms with Crippen LogP contribution in [0.5, 0.6) is 0 Å². The maximum Gasteiger partial charge on any atom is 0.255 e. The highest BCUT2D eigenvalue weighted by atomic mass is 35.5. The molecule has 2 aromatic carbocycles. The minimum Gasteiger partial charge on any atom is -0.399 e. The molecule has 0 heterocycles. The van der Waals surface area contributed by atoms with Gasteiger partial charge in [-0.3, -0.25) is 4.79 Å². The standard InChI is InChI=1S/C15H12ClFN2O2/c1-21-18-9-10-2-4-11(5-3-10)15(20)19-14-7-6-12(16)8-13(14)17/h2-9H,1H3,(H,19,20)/b18-9+. The van der Waals surface area contributed by atoms with E-state index in [2.05, 4.69) is 15.3 Å². The molecule has 0 bridgehead atoms. The zero-order valence-electron chi connectivity index (χ0n) is 11.1. The van der Waals surface area contributed by atoms with Gasteiger partial charge in [-0.1, -0.05) is 28.9 Å². The van der Waals surface area contributed by atoms with Gasteiger partial charge in [-0.05, 0) is 35.9 Å². The van der Waals surface area contributed by atoms with Crippen LogP contribution in [0.1, 0.15) is 15.9 Å². The van der Waals surface area contributed by atoms with Gasteiger partial charge >= 0.3 is 0 Å². The van der Waals surface area contributed by atoms with E-state index in [1.54, 1.807) is 24.3 Å². The predicted molar refractivity (Wildman–Crippen MR) is 80.4 cm³/mol. The minimum absolute atomic E-state index is 0.0782. The highest BCUT2D eigenvalue weighted by molar-refractivity contribution is 6.30. The molecule has 0 radical (unpaired) electrons. The normalized spacial score (nSPS) is 10.6. The molecule has 0 saturated heterocycles. The highest BCUT2D eigenvalue weighted by Gasteiger charge is 2.09. The first-order valence-electron chi connectivity index (χ1n) is 6.03. The van der Waals surface area contributed by atoms with Crippen LogP contribution in [0.3, 0.4) is 0 Å². The van der Waals surface area contributed by atoms with Crippen LogP contribution in [-0.2, 0) is 4.84 Å². The summed E-state index contributed by atoms with van der Waals surface area (Å²) in [5, 5.41) is 6.37. The Morgan fingerprint density at radius 1 is 1.29 bits per heavy atom. The molecular formula is C15H12ClFN2O2. The van der Waals surface area contributed by atoms with Crippen LogP contribution in [0, 0.1) is 5.82 Å². The molecule has 0 atom stereocenters. The number of amides is 1. The maximum absolute atomic E-state index is 13.6. The summed E-state index contributed by atoms with van der Waals surface area (Å²) in [7, 11) is 1.44. The quantitative estimate of drug-likeness (QED) is 0.691. The van der Waals surface area contributed by atoms with Gasteiger partial charge in [0.25, 0.3) is 5.91 Å². The van der Waals surface area contributed by atoms with Crippen LogP contribution in [-0.4, -0.2) is 19.2 Å². The van der Waals surface area contributed by atoms with Crippen LogP contribution in [0.15, 0.2) is 47.6 Å². The van der Waals surface area contributed by atoms with Gasteiger partial charge in [0.05, 0.1) is 11.9 Å². The summed E-state index contributed by atoms with van der Waals surface area (Å²) >= 11 is 5.65. The molecule has 108 valence electrons. The van der Waals surface area contributed by atoms with Gasteiger partial charge in [-0.15, -0.1) is 0 Å². The molecular weight excluding hydrogens is 295 g/mol. The lowest BCUT2D eigenvalue weighted by molar-refractivity contribution is 0.102. The van der Waals surface area contributed by atoms with Crippen LogP contribution in [0.25, 0.3) is 0 Å². The third-order valence-electron chi connectivity index (χ3n) is 2.66. The number of rotatable bonds is 4. The lowest BCUT2D eigenvalue weighted by Crippen LogP contribution is -2.12. The SMILES string of the molecule is CO/N=C/c1ccc(C(=O)Nc2ccc(Cl)cc2F)cc1. The van der Waals surface area contributed by atoms with E-state index in [1.807, 2.05) is 0 Å². The number of hydrogen-bond acceptors (Lipinski definition) is 3. The lowest BCUT2D eigenvalue weighted by Gasteiger charge is -2.07. The molecule has 0 aromatic heterocycles. The first-order valence-corrected chi connectivity index (χ1v) is 6.41. The summed E-state index contributed by atoms with van der Waals surface area (Å²) in [6.45, 7) is 0. The Hall–Kier alpha value is -2.40. The second-order valence-electron chi connectivity index (χ2n) is 4.12. The van der Waals surface area contributed by atoms with Crippen LogP contribution in [0.4, 0.5) is 10.1 Å². The van der Waals surface area contributed by atoms with Crippen molar-refractivity contribution < 1.29 is 14.0 Å². The van der Waals surface area contributed by atoms with Crippen molar-refractivity contribution in [3.8, 4) is 0 Å². The second-order valence-corrected chi connectivity index (χ2v) is 4.55. The van der Waals surface area contributed by atoms with E-state index in [4.69, 9.17) is 11.6 Å². The van der Waals surface area contributed by atoms with E-state index in [-0.39, 0.29) is 10.7 Å². The second kappa shape index (κ2) is 6.85. The van der Waals surface area contributed by atoms with Gasteiger partial charge in [-0.2, -0.15) is 0 Å². The predicted octanol–water partition coefficient (Wildman–Crippen LogP) is 3.71. The van der Waals surface area contributed by atoms with Crippen molar-refractivity contribution in [3.63, 3.8) is 0 Å². The molecule has 0 aliphatic carbocycles. The van der Waals surface area contributed by atoms with Gasteiger partial charge < -0.3 is 10.2 Å². The number of nitrogens with zero attached hydrogens (tertiary/aromatic N) is 1. The fourth-order valence-corrected chi connectivity index (χ4v) is 1.78. The molecule has 0 unspecified atom stereocenters. The van der Waals surface area contributed by atoms with Crippen molar-refractivity contribution >= 4 is 29.4 Å². The Balaban J connectivity index is 2.11. The Labute approximate surface area is 126 Å². The summed E-state index contributed by atoms with van der Waals surface area (Å²) in [5.74, 6) is -0.994. The molecule has 0 fully saturated rings. The van der Waals surface area contributed by atoms with Crippen LogP contribution in [0.2, 0.25) is 5.02 Å². The average molecular weight is 307 g/mol. The Bertz CT molecular complexity index is 672. The first kappa shape index (κ1) is 15.0. The Kier molecular flexibility index (Phi) is 4.90. The Morgan fingerprint density at radius 2 is 2.00 bits per heavy atom. The topological polar surface area (TPSA) is 50.7 Å². The molecule has 4 nitrogen and oxygen atoms in total. The van der Waals surface area contributed by atoms with E-state index < -0.39 is 11.7 Å². The molecule has 0 aliphatic rings. The van der Waals surface area contributed by atoms with Gasteiger partial charge in [0.1, 0.15) is 12.9 Å². The van der Waals surface area contributed by atoms with Crippen molar-refractivity contribution in [2.24, 2.45) is 5.16 Å². The third-order valence-corrected chi connectivity index (χ3v) is 2.89. The van der Waals surface area contributed by atoms with Crippen LogP contribution >= 0.6 is 11.6 Å². The third kappa shape index (κ3) is 4.03. The molecule has 1 N–H and O–H groups in total. The monoisotopic (exact) mass is 306 g/mol. The number of carbonyl (C=O) groups excluding carboxylic acids is 1. The van der Waals surface area contributed by atoms with Crippen molar-refractivity contribution in [2.75, 3.05) is 12.4 Å². The number of anilines is 1. The molecule has 0 spiro atoms.